The van der Waals surface area contributed by atoms with Crippen molar-refractivity contribution in [3.8, 4) is 0 Å². The molecule has 0 aliphatic carbocycles. The normalized spacial score (nSPS) is 13.0. The van der Waals surface area contributed by atoms with Crippen molar-refractivity contribution in [2.24, 2.45) is 0 Å². The summed E-state index contributed by atoms with van der Waals surface area (Å²) in [5.74, 6) is -3.20. The number of nitrogens with one attached hydrogen (secondary N) is 2. The number of hydrogen-bond acceptors (Lipinski definition) is 4. The predicted octanol–water partition coefficient (Wildman–Crippen LogP) is -1.31. The van der Waals surface area contributed by atoms with Gasteiger partial charge in [-0.15, -0.1) is 0 Å². The van der Waals surface area contributed by atoms with E-state index in [0.29, 0.717) is 0 Å². The van der Waals surface area contributed by atoms with Crippen molar-refractivity contribution < 1.29 is 29.4 Å². The smallest absolute Gasteiger partial charge is 0.326 e. The average Bonchev–Trinajstić information content (AvgIpc) is 2.25. The molecule has 2 atom stereocenters. The van der Waals surface area contributed by atoms with E-state index in [-0.39, 0.29) is 5.91 Å². The van der Waals surface area contributed by atoms with Gasteiger partial charge in [0.15, 0.2) is 0 Å². The first-order valence-electron chi connectivity index (χ1n) is 5.38. The molecular weight excluding hydrogens is 258 g/mol. The van der Waals surface area contributed by atoms with E-state index in [1.54, 1.807) is 0 Å². The van der Waals surface area contributed by atoms with Crippen LogP contribution in [0.15, 0.2) is 0 Å². The van der Waals surface area contributed by atoms with Gasteiger partial charge in [0.1, 0.15) is 12.1 Å². The largest absolute Gasteiger partial charge is 0.481 e. The molecule has 9 heteroatoms. The van der Waals surface area contributed by atoms with Crippen molar-refractivity contribution >= 4 is 23.9 Å². The van der Waals surface area contributed by atoms with Gasteiger partial charge in [-0.3, -0.25) is 9.59 Å². The quantitative estimate of drug-likeness (QED) is 0.475. The van der Waals surface area contributed by atoms with E-state index in [1.165, 1.54) is 25.9 Å². The van der Waals surface area contributed by atoms with Gasteiger partial charge >= 0.3 is 18.0 Å². The number of hydrogen-bond donors (Lipinski definition) is 4. The fourth-order valence-corrected chi connectivity index (χ4v) is 1.22. The van der Waals surface area contributed by atoms with Crippen molar-refractivity contribution in [1.29, 1.82) is 0 Å². The van der Waals surface area contributed by atoms with Crippen LogP contribution in [0.4, 0.5) is 4.79 Å². The lowest BCUT2D eigenvalue weighted by Crippen LogP contribution is -2.52. The molecule has 19 heavy (non-hydrogen) atoms. The molecule has 0 aromatic carbocycles. The van der Waals surface area contributed by atoms with Gasteiger partial charge in [0.05, 0.1) is 6.42 Å². The van der Waals surface area contributed by atoms with E-state index in [9.17, 15) is 19.2 Å². The van der Waals surface area contributed by atoms with Gasteiger partial charge in [-0.2, -0.15) is 0 Å². The zero-order valence-corrected chi connectivity index (χ0v) is 10.8. The molecule has 0 saturated heterocycles. The number of aliphatic carboxylic acids is 2. The highest BCUT2D eigenvalue weighted by molar-refractivity contribution is 5.89. The molecular formula is C10H17N3O6. The van der Waals surface area contributed by atoms with Crippen LogP contribution in [0, 0.1) is 0 Å². The van der Waals surface area contributed by atoms with Gasteiger partial charge in [0.25, 0.3) is 0 Å². The SMILES string of the molecule is CC(NC(=O)N[C@@H](CC(=O)O)C(=O)O)C(=O)N(C)C. The lowest BCUT2D eigenvalue weighted by Gasteiger charge is -2.19. The third kappa shape index (κ3) is 6.24. The van der Waals surface area contributed by atoms with E-state index in [1.807, 2.05) is 5.32 Å². The number of carbonyl (C=O) groups is 4. The Morgan fingerprint density at radius 1 is 1.11 bits per heavy atom. The minimum atomic E-state index is -1.56. The van der Waals surface area contributed by atoms with Gasteiger partial charge in [-0.05, 0) is 6.92 Å². The minimum Gasteiger partial charge on any atom is -0.481 e. The number of urea groups is 1. The van der Waals surface area contributed by atoms with E-state index in [0.717, 1.165) is 0 Å². The molecule has 0 aromatic rings. The first-order chi connectivity index (χ1) is 8.65. The third-order valence-corrected chi connectivity index (χ3v) is 2.14. The van der Waals surface area contributed by atoms with Crippen LogP contribution in [0.2, 0.25) is 0 Å². The van der Waals surface area contributed by atoms with E-state index < -0.39 is 36.5 Å². The first-order valence-corrected chi connectivity index (χ1v) is 5.38. The number of likely N-dealkylation sites (N-methyl/N-ethyl adjacent to an activating group) is 1. The monoisotopic (exact) mass is 275 g/mol. The molecule has 0 heterocycles. The summed E-state index contributed by atoms with van der Waals surface area (Å²) >= 11 is 0. The molecule has 4 N–H and O–H groups in total. The van der Waals surface area contributed by atoms with Gasteiger partial charge < -0.3 is 25.7 Å². The topological polar surface area (TPSA) is 136 Å². The molecule has 0 aliphatic heterocycles. The highest BCUT2D eigenvalue weighted by Crippen LogP contribution is 1.94. The lowest BCUT2D eigenvalue weighted by atomic mass is 10.2. The number of carboxylic acid groups (broad SMARTS) is 2. The zero-order valence-electron chi connectivity index (χ0n) is 10.8. The molecule has 0 radical (unpaired) electrons. The van der Waals surface area contributed by atoms with Crippen molar-refractivity contribution in [3.05, 3.63) is 0 Å². The van der Waals surface area contributed by atoms with Crippen LogP contribution in [-0.4, -0.2) is 65.2 Å². The number of amides is 3. The van der Waals surface area contributed by atoms with Crippen molar-refractivity contribution in [2.45, 2.75) is 25.4 Å². The Bertz CT molecular complexity index is 381. The molecule has 0 aliphatic rings. The van der Waals surface area contributed by atoms with E-state index in [4.69, 9.17) is 10.2 Å². The molecule has 0 spiro atoms. The van der Waals surface area contributed by atoms with Crippen molar-refractivity contribution in [3.63, 3.8) is 0 Å². The van der Waals surface area contributed by atoms with Gasteiger partial charge in [0, 0.05) is 14.1 Å². The Morgan fingerprint density at radius 2 is 1.63 bits per heavy atom. The summed E-state index contributed by atoms with van der Waals surface area (Å²) in [4.78, 5) is 45.3. The summed E-state index contributed by atoms with van der Waals surface area (Å²) in [6, 6.07) is -3.33. The maximum atomic E-state index is 11.4. The summed E-state index contributed by atoms with van der Waals surface area (Å²) in [7, 11) is 3.01. The molecule has 3 amide bonds. The van der Waals surface area contributed by atoms with E-state index in [2.05, 4.69) is 5.32 Å². The second-order valence-electron chi connectivity index (χ2n) is 4.06. The van der Waals surface area contributed by atoms with Gasteiger partial charge in [-0.1, -0.05) is 0 Å². The Morgan fingerprint density at radius 3 is 2.00 bits per heavy atom. The Labute approximate surface area is 109 Å². The van der Waals surface area contributed by atoms with Crippen LogP contribution in [0.5, 0.6) is 0 Å². The number of carbonyl (C=O) groups excluding carboxylic acids is 2. The molecule has 0 saturated carbocycles. The number of rotatable bonds is 6. The minimum absolute atomic E-state index is 0.375. The summed E-state index contributed by atoms with van der Waals surface area (Å²) in [6.45, 7) is 1.43. The molecule has 0 bridgehead atoms. The Hall–Kier alpha value is -2.32. The zero-order chi connectivity index (χ0) is 15.2. The summed E-state index contributed by atoms with van der Waals surface area (Å²) in [5.41, 5.74) is 0. The van der Waals surface area contributed by atoms with Crippen LogP contribution in [0.3, 0.4) is 0 Å². The number of nitrogens with zero attached hydrogens (tertiary/aromatic N) is 1. The van der Waals surface area contributed by atoms with Crippen LogP contribution >= 0.6 is 0 Å². The second-order valence-corrected chi connectivity index (χ2v) is 4.06. The molecule has 0 aromatic heterocycles. The fraction of sp³-hybridized carbons (Fsp3) is 0.600. The Balaban J connectivity index is 4.46. The van der Waals surface area contributed by atoms with E-state index >= 15 is 0 Å². The summed E-state index contributed by atoms with van der Waals surface area (Å²) in [6.07, 6.45) is -0.751. The average molecular weight is 275 g/mol. The van der Waals surface area contributed by atoms with Crippen molar-refractivity contribution in [2.75, 3.05) is 14.1 Å². The lowest BCUT2D eigenvalue weighted by molar-refractivity contribution is -0.145. The Kier molecular flexibility index (Phi) is 6.31. The summed E-state index contributed by atoms with van der Waals surface area (Å²) < 4.78 is 0. The summed E-state index contributed by atoms with van der Waals surface area (Å²) in [5, 5.41) is 21.4. The molecule has 108 valence electrons. The molecule has 0 rings (SSSR count). The van der Waals surface area contributed by atoms with Crippen LogP contribution in [-0.2, 0) is 14.4 Å². The standard InChI is InChI=1S/C10H17N3O6/c1-5(8(16)13(2)3)11-10(19)12-6(9(17)18)4-7(14)15/h5-6H,4H2,1-3H3,(H,14,15)(H,17,18)(H2,11,12,19)/t5?,6-/m0/s1. The van der Waals surface area contributed by atoms with Crippen LogP contribution in [0.25, 0.3) is 0 Å². The van der Waals surface area contributed by atoms with Gasteiger partial charge in [0.2, 0.25) is 5.91 Å². The third-order valence-electron chi connectivity index (χ3n) is 2.14. The second kappa shape index (κ2) is 7.19. The van der Waals surface area contributed by atoms with Crippen molar-refractivity contribution in [1.82, 2.24) is 15.5 Å². The fourth-order valence-electron chi connectivity index (χ4n) is 1.22. The highest BCUT2D eigenvalue weighted by Gasteiger charge is 2.24. The molecule has 1 unspecified atom stereocenters. The predicted molar refractivity (Wildman–Crippen MR) is 63.5 cm³/mol. The maximum Gasteiger partial charge on any atom is 0.326 e. The maximum absolute atomic E-state index is 11.4. The molecule has 0 fully saturated rings. The van der Waals surface area contributed by atoms with Crippen LogP contribution < -0.4 is 10.6 Å². The van der Waals surface area contributed by atoms with Crippen LogP contribution in [0.1, 0.15) is 13.3 Å². The molecule has 9 nitrogen and oxygen atoms in total. The van der Waals surface area contributed by atoms with Gasteiger partial charge in [-0.25, -0.2) is 9.59 Å². The highest BCUT2D eigenvalue weighted by atomic mass is 16.4. The number of carboxylic acids is 2. The first kappa shape index (κ1) is 16.7.